The molecule has 1 aliphatic heterocycles. The summed E-state index contributed by atoms with van der Waals surface area (Å²) < 4.78 is 16.4. The molecule has 2 rings (SSSR count). The summed E-state index contributed by atoms with van der Waals surface area (Å²) in [5.74, 6) is 0. The Labute approximate surface area is 126 Å². The van der Waals surface area contributed by atoms with Gasteiger partial charge in [0.25, 0.3) is 0 Å². The Bertz CT molecular complexity index is 359. The lowest BCUT2D eigenvalue weighted by molar-refractivity contribution is 0.0145. The molecular weight excluding hydrogens is 270 g/mol. The Morgan fingerprint density at radius 2 is 1.19 bits per heavy atom. The molecule has 1 aromatic heterocycles. The van der Waals surface area contributed by atoms with Gasteiger partial charge in [0, 0.05) is 26.3 Å². The van der Waals surface area contributed by atoms with Gasteiger partial charge in [0.15, 0.2) is 0 Å². The summed E-state index contributed by atoms with van der Waals surface area (Å²) in [5.41, 5.74) is 2.06. The summed E-state index contributed by atoms with van der Waals surface area (Å²) in [7, 11) is 0. The quantitative estimate of drug-likeness (QED) is 0.760. The number of aromatic nitrogens is 1. The monoisotopic (exact) mass is 295 g/mol. The largest absolute Gasteiger partial charge is 0.384 e. The van der Waals surface area contributed by atoms with Crippen LogP contribution in [0.4, 0.5) is 11.4 Å². The van der Waals surface area contributed by atoms with Gasteiger partial charge >= 0.3 is 0 Å². The van der Waals surface area contributed by atoms with E-state index in [-0.39, 0.29) is 0 Å². The average molecular weight is 295 g/mol. The van der Waals surface area contributed by atoms with Crippen LogP contribution in [0.1, 0.15) is 12.8 Å². The highest BCUT2D eigenvalue weighted by Crippen LogP contribution is 2.12. The molecule has 21 heavy (non-hydrogen) atoms. The van der Waals surface area contributed by atoms with E-state index in [1.165, 1.54) is 0 Å². The smallest absolute Gasteiger partial charge is 0.0701 e. The maximum absolute atomic E-state index is 5.50. The van der Waals surface area contributed by atoms with Gasteiger partial charge in [0.2, 0.25) is 0 Å². The number of anilines is 2. The van der Waals surface area contributed by atoms with Crippen molar-refractivity contribution in [3.05, 3.63) is 18.5 Å². The fourth-order valence-electron chi connectivity index (χ4n) is 1.99. The van der Waals surface area contributed by atoms with Crippen molar-refractivity contribution in [2.75, 3.05) is 63.4 Å². The second-order valence-corrected chi connectivity index (χ2v) is 4.86. The summed E-state index contributed by atoms with van der Waals surface area (Å²) in [6, 6.07) is 2.08. The number of hydrogen-bond donors (Lipinski definition) is 2. The third-order valence-electron chi connectivity index (χ3n) is 3.07. The maximum Gasteiger partial charge on any atom is 0.0701 e. The summed E-state index contributed by atoms with van der Waals surface area (Å²) in [4.78, 5) is 4.23. The molecule has 0 amide bonds. The lowest BCUT2D eigenvalue weighted by Gasteiger charge is -2.11. The first-order valence-corrected chi connectivity index (χ1v) is 7.61. The van der Waals surface area contributed by atoms with Crippen LogP contribution in [0.5, 0.6) is 0 Å². The van der Waals surface area contributed by atoms with E-state index in [0.717, 1.165) is 50.5 Å². The van der Waals surface area contributed by atoms with Crippen LogP contribution in [0.15, 0.2) is 18.5 Å². The molecule has 1 aromatic rings. The Hall–Kier alpha value is -1.37. The van der Waals surface area contributed by atoms with E-state index < -0.39 is 0 Å². The summed E-state index contributed by atoms with van der Waals surface area (Å²) in [6.07, 6.45) is 5.59. The van der Waals surface area contributed by atoms with Gasteiger partial charge in [0.1, 0.15) is 0 Å². The van der Waals surface area contributed by atoms with Crippen LogP contribution in [0.3, 0.4) is 0 Å². The second-order valence-electron chi connectivity index (χ2n) is 4.86. The Morgan fingerprint density at radius 3 is 1.71 bits per heavy atom. The van der Waals surface area contributed by atoms with Crippen LogP contribution in [-0.4, -0.2) is 57.7 Å². The first-order chi connectivity index (χ1) is 10.4. The minimum absolute atomic E-state index is 0.629. The van der Waals surface area contributed by atoms with Crippen molar-refractivity contribution in [3.63, 3.8) is 0 Å². The van der Waals surface area contributed by atoms with E-state index in [9.17, 15) is 0 Å². The van der Waals surface area contributed by atoms with E-state index in [1.807, 2.05) is 12.4 Å². The fourth-order valence-corrected chi connectivity index (χ4v) is 1.99. The van der Waals surface area contributed by atoms with Gasteiger partial charge in [-0.25, -0.2) is 0 Å². The van der Waals surface area contributed by atoms with E-state index in [4.69, 9.17) is 14.2 Å². The molecular formula is C15H25N3O3. The SMILES string of the molecule is c1ncc2cc1NCCCOCCOCCOCCCN2. The van der Waals surface area contributed by atoms with Gasteiger partial charge in [0.05, 0.1) is 50.2 Å². The van der Waals surface area contributed by atoms with Gasteiger partial charge in [-0.2, -0.15) is 0 Å². The topological polar surface area (TPSA) is 64.6 Å². The fraction of sp³-hybridized carbons (Fsp3) is 0.667. The van der Waals surface area contributed by atoms with Crippen molar-refractivity contribution >= 4 is 11.4 Å². The molecule has 118 valence electrons. The summed E-state index contributed by atoms with van der Waals surface area (Å²) >= 11 is 0. The Balaban J connectivity index is 1.78. The first-order valence-electron chi connectivity index (χ1n) is 7.61. The average Bonchev–Trinajstić information content (AvgIpc) is 2.51. The normalized spacial score (nSPS) is 19.6. The summed E-state index contributed by atoms with van der Waals surface area (Å²) in [6.45, 7) is 5.76. The molecule has 2 N–H and O–H groups in total. The maximum atomic E-state index is 5.50. The molecule has 6 heteroatoms. The van der Waals surface area contributed by atoms with Gasteiger partial charge in [-0.15, -0.1) is 0 Å². The Kier molecular flexibility index (Phi) is 7.91. The van der Waals surface area contributed by atoms with E-state index in [1.54, 1.807) is 0 Å². The lowest BCUT2D eigenvalue weighted by atomic mass is 10.3. The van der Waals surface area contributed by atoms with Crippen LogP contribution >= 0.6 is 0 Å². The van der Waals surface area contributed by atoms with Crippen molar-refractivity contribution < 1.29 is 14.2 Å². The highest BCUT2D eigenvalue weighted by Gasteiger charge is 1.98. The summed E-state index contributed by atoms with van der Waals surface area (Å²) in [5, 5.41) is 6.70. The van der Waals surface area contributed by atoms with Crippen molar-refractivity contribution in [1.29, 1.82) is 0 Å². The van der Waals surface area contributed by atoms with Gasteiger partial charge in [-0.1, -0.05) is 0 Å². The minimum Gasteiger partial charge on any atom is -0.384 e. The third-order valence-corrected chi connectivity index (χ3v) is 3.07. The van der Waals surface area contributed by atoms with E-state index >= 15 is 0 Å². The number of nitrogens with zero attached hydrogens (tertiary/aromatic N) is 1. The minimum atomic E-state index is 0.629. The molecule has 0 fully saturated rings. The van der Waals surface area contributed by atoms with Gasteiger partial charge < -0.3 is 24.8 Å². The number of ether oxygens (including phenoxy) is 3. The molecule has 1 aliphatic rings. The third kappa shape index (κ3) is 7.27. The molecule has 0 atom stereocenters. The van der Waals surface area contributed by atoms with Crippen LogP contribution < -0.4 is 10.6 Å². The molecule has 6 nitrogen and oxygen atoms in total. The Morgan fingerprint density at radius 1 is 0.714 bits per heavy atom. The number of fused-ring (bicyclic) bond motifs is 2. The number of hydrogen-bond acceptors (Lipinski definition) is 6. The van der Waals surface area contributed by atoms with Gasteiger partial charge in [-0.3, -0.25) is 4.98 Å². The van der Waals surface area contributed by atoms with Crippen molar-refractivity contribution in [2.24, 2.45) is 0 Å². The van der Waals surface area contributed by atoms with E-state index in [0.29, 0.717) is 26.4 Å². The zero-order valence-corrected chi connectivity index (χ0v) is 12.5. The molecule has 0 saturated carbocycles. The molecule has 2 heterocycles. The highest BCUT2D eigenvalue weighted by atomic mass is 16.5. The van der Waals surface area contributed by atoms with Crippen molar-refractivity contribution in [2.45, 2.75) is 12.8 Å². The van der Waals surface area contributed by atoms with Crippen LogP contribution in [-0.2, 0) is 14.2 Å². The van der Waals surface area contributed by atoms with E-state index in [2.05, 4.69) is 21.7 Å². The van der Waals surface area contributed by atoms with Crippen molar-refractivity contribution in [1.82, 2.24) is 4.98 Å². The molecule has 2 bridgehead atoms. The molecule has 0 saturated heterocycles. The molecule has 0 radical (unpaired) electrons. The number of rotatable bonds is 0. The van der Waals surface area contributed by atoms with Crippen molar-refractivity contribution in [3.8, 4) is 0 Å². The van der Waals surface area contributed by atoms with Crippen LogP contribution in [0.25, 0.3) is 0 Å². The number of pyridine rings is 1. The van der Waals surface area contributed by atoms with Crippen LogP contribution in [0.2, 0.25) is 0 Å². The van der Waals surface area contributed by atoms with Gasteiger partial charge in [-0.05, 0) is 18.9 Å². The number of nitrogens with one attached hydrogen (secondary N) is 2. The zero-order valence-electron chi connectivity index (χ0n) is 12.5. The second kappa shape index (κ2) is 10.4. The standard InChI is InChI=1S/C15H25N3O3/c1-3-17-14-11-15(13-16-12-14)18-4-2-6-20-8-10-21-9-7-19-5-1/h11-13,17-18H,1-10H2. The molecule has 0 aliphatic carbocycles. The van der Waals surface area contributed by atoms with Crippen LogP contribution in [0, 0.1) is 0 Å². The first kappa shape index (κ1) is 16.0. The molecule has 0 spiro atoms. The predicted molar refractivity (Wildman–Crippen MR) is 82.9 cm³/mol. The molecule has 0 unspecified atom stereocenters. The highest BCUT2D eigenvalue weighted by molar-refractivity contribution is 5.53. The zero-order chi connectivity index (χ0) is 14.6. The lowest BCUT2D eigenvalue weighted by Crippen LogP contribution is -2.13. The predicted octanol–water partition coefficient (Wildman–Crippen LogP) is 1.75. The molecule has 0 aromatic carbocycles.